The maximum Gasteiger partial charge on any atom is 0.0690 e. The predicted molar refractivity (Wildman–Crippen MR) is 81.8 cm³/mol. The smallest absolute Gasteiger partial charge is 0.0690 e. The molecule has 0 saturated heterocycles. The Balaban J connectivity index is 1.61. The molecule has 1 fully saturated rings. The lowest BCUT2D eigenvalue weighted by atomic mass is 9.73. The summed E-state index contributed by atoms with van der Waals surface area (Å²) in [5.41, 5.74) is 2.48. The average Bonchev–Trinajstić information content (AvgIpc) is 2.90. The number of rotatable bonds is 5. The van der Waals surface area contributed by atoms with Crippen molar-refractivity contribution in [1.29, 1.82) is 0 Å². The maximum absolute atomic E-state index is 4.33. The fourth-order valence-corrected chi connectivity index (χ4v) is 2.92. The van der Waals surface area contributed by atoms with Gasteiger partial charge < -0.3 is 5.32 Å². The van der Waals surface area contributed by atoms with Crippen LogP contribution in [-0.2, 0) is 6.54 Å². The summed E-state index contributed by atoms with van der Waals surface area (Å²) in [6, 6.07) is 11.1. The zero-order valence-electron chi connectivity index (χ0n) is 12.3. The SMILES string of the molecule is CC(C)C1CC(NCc2ccccc2-n2cccn2)C1. The Morgan fingerprint density at radius 2 is 2.05 bits per heavy atom. The third-order valence-corrected chi connectivity index (χ3v) is 4.44. The summed E-state index contributed by atoms with van der Waals surface area (Å²) in [4.78, 5) is 0. The van der Waals surface area contributed by atoms with Crippen LogP contribution in [-0.4, -0.2) is 15.8 Å². The van der Waals surface area contributed by atoms with Gasteiger partial charge in [-0.2, -0.15) is 5.10 Å². The molecule has 3 heteroatoms. The highest BCUT2D eigenvalue weighted by molar-refractivity contribution is 5.40. The van der Waals surface area contributed by atoms with Crippen LogP contribution in [0.25, 0.3) is 5.69 Å². The minimum Gasteiger partial charge on any atom is -0.310 e. The van der Waals surface area contributed by atoms with Gasteiger partial charge in [-0.25, -0.2) is 4.68 Å². The second-order valence-corrected chi connectivity index (χ2v) is 6.13. The van der Waals surface area contributed by atoms with Gasteiger partial charge in [-0.1, -0.05) is 32.0 Å². The van der Waals surface area contributed by atoms with Gasteiger partial charge in [0.1, 0.15) is 0 Å². The summed E-state index contributed by atoms with van der Waals surface area (Å²) in [7, 11) is 0. The highest BCUT2D eigenvalue weighted by Gasteiger charge is 2.30. The van der Waals surface area contributed by atoms with E-state index < -0.39 is 0 Å². The minimum absolute atomic E-state index is 0.688. The van der Waals surface area contributed by atoms with Crippen molar-refractivity contribution in [2.75, 3.05) is 0 Å². The molecule has 106 valence electrons. The van der Waals surface area contributed by atoms with Gasteiger partial charge in [-0.05, 0) is 42.4 Å². The Morgan fingerprint density at radius 3 is 2.75 bits per heavy atom. The lowest BCUT2D eigenvalue weighted by Crippen LogP contribution is -2.42. The summed E-state index contributed by atoms with van der Waals surface area (Å²) in [6.45, 7) is 5.58. The number of hydrogen-bond donors (Lipinski definition) is 1. The third kappa shape index (κ3) is 2.78. The van der Waals surface area contributed by atoms with Crippen molar-refractivity contribution < 1.29 is 0 Å². The van der Waals surface area contributed by atoms with Gasteiger partial charge in [0.05, 0.1) is 5.69 Å². The van der Waals surface area contributed by atoms with E-state index >= 15 is 0 Å². The summed E-state index contributed by atoms with van der Waals surface area (Å²) >= 11 is 0. The molecule has 1 aromatic heterocycles. The Kier molecular flexibility index (Phi) is 3.88. The van der Waals surface area contributed by atoms with Crippen LogP contribution in [0.1, 0.15) is 32.3 Å². The molecule has 0 atom stereocenters. The summed E-state index contributed by atoms with van der Waals surface area (Å²) in [5.74, 6) is 1.73. The largest absolute Gasteiger partial charge is 0.310 e. The van der Waals surface area contributed by atoms with Crippen molar-refractivity contribution in [3.63, 3.8) is 0 Å². The van der Waals surface area contributed by atoms with Gasteiger partial charge in [0.25, 0.3) is 0 Å². The van der Waals surface area contributed by atoms with Gasteiger partial charge in [0.15, 0.2) is 0 Å². The van der Waals surface area contributed by atoms with Crippen LogP contribution in [0.2, 0.25) is 0 Å². The first-order chi connectivity index (χ1) is 9.74. The molecule has 1 aliphatic carbocycles. The van der Waals surface area contributed by atoms with Crippen LogP contribution in [0, 0.1) is 11.8 Å². The summed E-state index contributed by atoms with van der Waals surface area (Å²) in [6.07, 6.45) is 6.46. The predicted octanol–water partition coefficient (Wildman–Crippen LogP) is 3.40. The highest BCUT2D eigenvalue weighted by Crippen LogP contribution is 2.33. The topological polar surface area (TPSA) is 29.9 Å². The Labute approximate surface area is 121 Å². The van der Waals surface area contributed by atoms with E-state index in [0.717, 1.165) is 18.4 Å². The quantitative estimate of drug-likeness (QED) is 0.901. The zero-order chi connectivity index (χ0) is 13.9. The van der Waals surface area contributed by atoms with E-state index in [4.69, 9.17) is 0 Å². The van der Waals surface area contributed by atoms with Gasteiger partial charge in [-0.15, -0.1) is 0 Å². The van der Waals surface area contributed by atoms with Crippen LogP contribution in [0.15, 0.2) is 42.7 Å². The molecule has 2 aromatic rings. The second kappa shape index (κ2) is 5.80. The van der Waals surface area contributed by atoms with E-state index in [9.17, 15) is 0 Å². The molecular weight excluding hydrogens is 246 g/mol. The van der Waals surface area contributed by atoms with Crippen LogP contribution >= 0.6 is 0 Å². The molecular formula is C17H23N3. The van der Waals surface area contributed by atoms with E-state index in [0.29, 0.717) is 6.04 Å². The van der Waals surface area contributed by atoms with Crippen molar-refractivity contribution in [2.45, 2.75) is 39.3 Å². The fraction of sp³-hybridized carbons (Fsp3) is 0.471. The maximum atomic E-state index is 4.33. The molecule has 1 heterocycles. The molecule has 1 aromatic carbocycles. The third-order valence-electron chi connectivity index (χ3n) is 4.44. The highest BCUT2D eigenvalue weighted by atomic mass is 15.3. The van der Waals surface area contributed by atoms with Crippen molar-refractivity contribution >= 4 is 0 Å². The molecule has 0 bridgehead atoms. The van der Waals surface area contributed by atoms with E-state index in [-0.39, 0.29) is 0 Å². The number of hydrogen-bond acceptors (Lipinski definition) is 2. The average molecular weight is 269 g/mol. The number of para-hydroxylation sites is 1. The number of aromatic nitrogens is 2. The number of nitrogens with one attached hydrogen (secondary N) is 1. The van der Waals surface area contributed by atoms with Crippen LogP contribution in [0.4, 0.5) is 0 Å². The van der Waals surface area contributed by atoms with Gasteiger partial charge in [0, 0.05) is 25.0 Å². The molecule has 1 aliphatic rings. The monoisotopic (exact) mass is 269 g/mol. The van der Waals surface area contributed by atoms with Crippen LogP contribution in [0.5, 0.6) is 0 Å². The van der Waals surface area contributed by atoms with Crippen molar-refractivity contribution in [1.82, 2.24) is 15.1 Å². The molecule has 1 saturated carbocycles. The van der Waals surface area contributed by atoms with E-state index in [1.807, 2.05) is 23.1 Å². The Morgan fingerprint density at radius 1 is 1.25 bits per heavy atom. The molecule has 3 nitrogen and oxygen atoms in total. The van der Waals surface area contributed by atoms with Crippen LogP contribution < -0.4 is 5.32 Å². The second-order valence-electron chi connectivity index (χ2n) is 6.13. The molecule has 20 heavy (non-hydrogen) atoms. The summed E-state index contributed by atoms with van der Waals surface area (Å²) < 4.78 is 1.94. The Hall–Kier alpha value is -1.61. The van der Waals surface area contributed by atoms with Crippen LogP contribution in [0.3, 0.4) is 0 Å². The molecule has 0 unspecified atom stereocenters. The number of benzene rings is 1. The van der Waals surface area contributed by atoms with Gasteiger partial charge in [-0.3, -0.25) is 0 Å². The first-order valence-corrected chi connectivity index (χ1v) is 7.55. The molecule has 0 amide bonds. The molecule has 1 N–H and O–H groups in total. The lowest BCUT2D eigenvalue weighted by molar-refractivity contribution is 0.167. The fourth-order valence-electron chi connectivity index (χ4n) is 2.92. The normalized spacial score (nSPS) is 21.9. The van der Waals surface area contributed by atoms with Crippen molar-refractivity contribution in [3.8, 4) is 5.69 Å². The molecule has 0 aliphatic heterocycles. The first-order valence-electron chi connectivity index (χ1n) is 7.55. The van der Waals surface area contributed by atoms with E-state index in [1.165, 1.54) is 24.1 Å². The first kappa shape index (κ1) is 13.4. The van der Waals surface area contributed by atoms with E-state index in [1.54, 1.807) is 0 Å². The standard InChI is InChI=1S/C17H23N3/c1-13(2)15-10-16(11-15)18-12-14-6-3-4-7-17(14)20-9-5-8-19-20/h3-9,13,15-16,18H,10-12H2,1-2H3. The van der Waals surface area contributed by atoms with Crippen molar-refractivity contribution in [3.05, 3.63) is 48.3 Å². The zero-order valence-corrected chi connectivity index (χ0v) is 12.3. The van der Waals surface area contributed by atoms with Crippen molar-refractivity contribution in [2.24, 2.45) is 11.8 Å². The lowest BCUT2D eigenvalue weighted by Gasteiger charge is -2.38. The molecule has 0 spiro atoms. The van der Waals surface area contributed by atoms with Gasteiger partial charge in [0.2, 0.25) is 0 Å². The number of nitrogens with zero attached hydrogens (tertiary/aromatic N) is 2. The molecule has 3 rings (SSSR count). The van der Waals surface area contributed by atoms with Gasteiger partial charge >= 0.3 is 0 Å². The Bertz CT molecular complexity index is 539. The summed E-state index contributed by atoms with van der Waals surface area (Å²) in [5, 5.41) is 8.01. The van der Waals surface area contributed by atoms with E-state index in [2.05, 4.69) is 48.5 Å². The molecule has 0 radical (unpaired) electrons. The minimum atomic E-state index is 0.688.